The molecule has 0 unspecified atom stereocenters. The summed E-state index contributed by atoms with van der Waals surface area (Å²) in [5.74, 6) is 0.452. The maximum absolute atomic E-state index is 11.3. The molecule has 0 atom stereocenters. The van der Waals surface area contributed by atoms with Gasteiger partial charge in [-0.3, -0.25) is 10.1 Å². The number of nitrogens with zero attached hydrogens (tertiary/aromatic N) is 5. The lowest BCUT2D eigenvalue weighted by molar-refractivity contribution is -0.384. The highest BCUT2D eigenvalue weighted by atomic mass is 16.6. The third kappa shape index (κ3) is 3.25. The van der Waals surface area contributed by atoms with E-state index in [9.17, 15) is 15.4 Å². The molecule has 0 radical (unpaired) electrons. The second-order valence-electron chi connectivity index (χ2n) is 6.37. The molecule has 1 fully saturated rings. The third-order valence-electron chi connectivity index (χ3n) is 4.73. The lowest BCUT2D eigenvalue weighted by Crippen LogP contribution is -2.46. The molecule has 0 aliphatic carbocycles. The van der Waals surface area contributed by atoms with Gasteiger partial charge in [-0.1, -0.05) is 30.3 Å². The van der Waals surface area contributed by atoms with E-state index >= 15 is 0 Å². The summed E-state index contributed by atoms with van der Waals surface area (Å²) in [6.07, 6.45) is 0. The first kappa shape index (κ1) is 17.5. The Kier molecular flexibility index (Phi) is 4.64. The third-order valence-corrected chi connectivity index (χ3v) is 4.73. The van der Waals surface area contributed by atoms with Crippen molar-refractivity contribution >= 4 is 17.3 Å². The highest BCUT2D eigenvalue weighted by Crippen LogP contribution is 2.34. The summed E-state index contributed by atoms with van der Waals surface area (Å²) in [6, 6.07) is 18.4. The summed E-state index contributed by atoms with van der Waals surface area (Å²) in [5.41, 5.74) is 1.45. The molecular formula is C20H17N5O3. The number of aromatic nitrogens is 1. The van der Waals surface area contributed by atoms with Gasteiger partial charge in [0, 0.05) is 37.9 Å². The Bertz CT molecular complexity index is 1030. The Balaban J connectivity index is 1.59. The van der Waals surface area contributed by atoms with E-state index in [1.807, 2.05) is 29.2 Å². The van der Waals surface area contributed by atoms with E-state index in [2.05, 4.69) is 22.0 Å². The summed E-state index contributed by atoms with van der Waals surface area (Å²) < 4.78 is 5.83. The lowest BCUT2D eigenvalue weighted by atomic mass is 10.2. The lowest BCUT2D eigenvalue weighted by Gasteiger charge is -2.35. The van der Waals surface area contributed by atoms with Crippen LogP contribution >= 0.6 is 0 Å². The molecule has 140 valence electrons. The Morgan fingerprint density at radius 3 is 2.32 bits per heavy atom. The van der Waals surface area contributed by atoms with Crippen molar-refractivity contribution in [2.24, 2.45) is 0 Å². The molecule has 8 nitrogen and oxygen atoms in total. The first-order valence-electron chi connectivity index (χ1n) is 8.87. The zero-order chi connectivity index (χ0) is 19.5. The van der Waals surface area contributed by atoms with E-state index < -0.39 is 4.92 Å². The number of nitro groups is 1. The normalized spacial score (nSPS) is 14.0. The molecule has 0 N–H and O–H groups in total. The number of piperazine rings is 1. The van der Waals surface area contributed by atoms with Gasteiger partial charge in [0.1, 0.15) is 11.6 Å². The molecule has 2 heterocycles. The van der Waals surface area contributed by atoms with Gasteiger partial charge in [-0.15, -0.1) is 0 Å². The number of nitriles is 1. The van der Waals surface area contributed by atoms with E-state index in [0.717, 1.165) is 18.8 Å². The number of para-hydroxylation sites is 2. The molecule has 0 bridgehead atoms. The largest absolute Gasteiger partial charge is 0.419 e. The number of benzene rings is 2. The van der Waals surface area contributed by atoms with E-state index in [4.69, 9.17) is 4.42 Å². The summed E-state index contributed by atoms with van der Waals surface area (Å²) in [6.45, 7) is 2.87. The molecule has 3 aromatic rings. The van der Waals surface area contributed by atoms with Crippen LogP contribution in [0.15, 0.2) is 59.0 Å². The molecule has 1 aliphatic rings. The van der Waals surface area contributed by atoms with Crippen molar-refractivity contribution in [2.45, 2.75) is 0 Å². The van der Waals surface area contributed by atoms with Crippen LogP contribution in [0.5, 0.6) is 0 Å². The van der Waals surface area contributed by atoms with Gasteiger partial charge in [0.25, 0.3) is 5.69 Å². The minimum atomic E-state index is -0.482. The van der Waals surface area contributed by atoms with Gasteiger partial charge in [-0.25, -0.2) is 0 Å². The fourth-order valence-electron chi connectivity index (χ4n) is 3.33. The highest BCUT2D eigenvalue weighted by Gasteiger charge is 2.27. The molecule has 0 spiro atoms. The number of oxazole rings is 1. The summed E-state index contributed by atoms with van der Waals surface area (Å²) in [5, 5.41) is 20.8. The number of rotatable bonds is 4. The van der Waals surface area contributed by atoms with Crippen LogP contribution in [0, 0.1) is 21.4 Å². The smallest absolute Gasteiger partial charge is 0.282 e. The summed E-state index contributed by atoms with van der Waals surface area (Å²) in [7, 11) is 0. The van der Waals surface area contributed by atoms with Crippen LogP contribution < -0.4 is 9.80 Å². The van der Waals surface area contributed by atoms with Gasteiger partial charge in [0.05, 0.1) is 4.92 Å². The molecule has 28 heavy (non-hydrogen) atoms. The molecule has 1 aliphatic heterocycles. The maximum atomic E-state index is 11.3. The second kappa shape index (κ2) is 7.40. The predicted molar refractivity (Wildman–Crippen MR) is 104 cm³/mol. The molecular weight excluding hydrogens is 358 g/mol. The Morgan fingerprint density at radius 2 is 1.64 bits per heavy atom. The summed E-state index contributed by atoms with van der Waals surface area (Å²) >= 11 is 0. The van der Waals surface area contributed by atoms with Crippen molar-refractivity contribution in [1.29, 1.82) is 5.26 Å². The van der Waals surface area contributed by atoms with Crippen LogP contribution in [0.2, 0.25) is 0 Å². The van der Waals surface area contributed by atoms with E-state index in [1.54, 1.807) is 18.2 Å². The average molecular weight is 375 g/mol. The van der Waals surface area contributed by atoms with Gasteiger partial charge < -0.3 is 14.2 Å². The van der Waals surface area contributed by atoms with E-state index in [-0.39, 0.29) is 22.8 Å². The Morgan fingerprint density at radius 1 is 1.00 bits per heavy atom. The zero-order valence-electron chi connectivity index (χ0n) is 15.0. The predicted octanol–water partition coefficient (Wildman–Crippen LogP) is 3.45. The Hall–Kier alpha value is -3.86. The zero-order valence-corrected chi connectivity index (χ0v) is 15.0. The van der Waals surface area contributed by atoms with Crippen molar-refractivity contribution in [2.75, 3.05) is 36.0 Å². The van der Waals surface area contributed by atoms with E-state index in [0.29, 0.717) is 19.0 Å². The molecule has 0 amide bonds. The first-order valence-corrected chi connectivity index (χ1v) is 8.87. The first-order chi connectivity index (χ1) is 13.7. The fourth-order valence-corrected chi connectivity index (χ4v) is 3.33. The monoisotopic (exact) mass is 375 g/mol. The van der Waals surface area contributed by atoms with Crippen LogP contribution in [0.1, 0.15) is 5.69 Å². The van der Waals surface area contributed by atoms with Gasteiger partial charge in [-0.05, 0) is 18.2 Å². The highest BCUT2D eigenvalue weighted by molar-refractivity contribution is 5.69. The molecule has 1 saturated heterocycles. The molecule has 1 aromatic heterocycles. The molecule has 4 rings (SSSR count). The number of nitro benzene ring substituents is 1. The van der Waals surface area contributed by atoms with Crippen LogP contribution in [0.3, 0.4) is 0 Å². The minimum Gasteiger partial charge on any atom is -0.419 e. The summed E-state index contributed by atoms with van der Waals surface area (Å²) in [4.78, 5) is 19.2. The molecule has 0 saturated carbocycles. The van der Waals surface area contributed by atoms with Crippen LogP contribution in [0.4, 0.5) is 17.3 Å². The number of anilines is 2. The van der Waals surface area contributed by atoms with Crippen molar-refractivity contribution < 1.29 is 9.34 Å². The minimum absolute atomic E-state index is 0.0874. The SMILES string of the molecule is N#Cc1nc(-c2ccccc2[N+](=O)[O-])oc1N1CCN(c2ccccc2)CC1. The van der Waals surface area contributed by atoms with Crippen molar-refractivity contribution in [1.82, 2.24) is 4.98 Å². The molecule has 2 aromatic carbocycles. The van der Waals surface area contributed by atoms with Gasteiger partial charge in [0.2, 0.25) is 17.5 Å². The van der Waals surface area contributed by atoms with Crippen LogP contribution in [-0.4, -0.2) is 36.1 Å². The van der Waals surface area contributed by atoms with E-state index in [1.165, 1.54) is 6.07 Å². The van der Waals surface area contributed by atoms with Gasteiger partial charge >= 0.3 is 0 Å². The fraction of sp³-hybridized carbons (Fsp3) is 0.200. The quantitative estimate of drug-likeness (QED) is 0.508. The number of hydrogen-bond donors (Lipinski definition) is 0. The molecule has 8 heteroatoms. The maximum Gasteiger partial charge on any atom is 0.282 e. The average Bonchev–Trinajstić information content (AvgIpc) is 3.19. The topological polar surface area (TPSA) is 99.4 Å². The Labute approximate surface area is 161 Å². The second-order valence-corrected chi connectivity index (χ2v) is 6.37. The van der Waals surface area contributed by atoms with Crippen molar-refractivity contribution in [3.8, 4) is 17.5 Å². The van der Waals surface area contributed by atoms with Crippen LogP contribution in [0.25, 0.3) is 11.5 Å². The van der Waals surface area contributed by atoms with Crippen molar-refractivity contribution in [3.05, 3.63) is 70.4 Å². The number of hydrogen-bond acceptors (Lipinski definition) is 7. The van der Waals surface area contributed by atoms with Crippen LogP contribution in [-0.2, 0) is 0 Å². The van der Waals surface area contributed by atoms with Gasteiger partial charge in [-0.2, -0.15) is 10.2 Å². The van der Waals surface area contributed by atoms with Crippen molar-refractivity contribution in [3.63, 3.8) is 0 Å². The van der Waals surface area contributed by atoms with Gasteiger partial charge in [0.15, 0.2) is 0 Å². The standard InChI is InChI=1S/C20H17N5O3/c21-14-17-20(24-12-10-23(11-13-24)15-6-2-1-3-7-15)28-19(22-17)16-8-4-5-9-18(16)25(26)27/h1-9H,10-13H2.